The largest absolute Gasteiger partial charge is 0.338 e. The fourth-order valence-corrected chi connectivity index (χ4v) is 4.88. The van der Waals surface area contributed by atoms with Gasteiger partial charge in [0.15, 0.2) is 0 Å². The molecule has 1 amide bonds. The van der Waals surface area contributed by atoms with Crippen molar-refractivity contribution in [3.05, 3.63) is 29.0 Å². The van der Waals surface area contributed by atoms with E-state index in [1.165, 1.54) is 12.1 Å². The molecule has 1 N–H and O–H groups in total. The van der Waals surface area contributed by atoms with E-state index in [0.29, 0.717) is 37.0 Å². The Labute approximate surface area is 141 Å². The summed E-state index contributed by atoms with van der Waals surface area (Å²) in [5.41, 5.74) is -0.672. The normalized spacial score (nSPS) is 26.3. The maximum atomic E-state index is 13.1. The Hall–Kier alpha value is -1.45. The smallest absolute Gasteiger partial charge is 0.224 e. The number of nitriles is 1. The molecular weight excluding hydrogens is 339 g/mol. The Morgan fingerprint density at radius 3 is 2.78 bits per heavy atom. The fraction of sp³-hybridized carbons (Fsp3) is 0.500. The van der Waals surface area contributed by atoms with E-state index in [9.17, 15) is 13.4 Å². The molecule has 0 saturated heterocycles. The van der Waals surface area contributed by atoms with Crippen LogP contribution in [0.15, 0.2) is 23.1 Å². The summed E-state index contributed by atoms with van der Waals surface area (Å²) >= 11 is 5.97. The molecule has 4 nitrogen and oxygen atoms in total. The van der Waals surface area contributed by atoms with Crippen molar-refractivity contribution < 1.29 is 13.4 Å². The van der Waals surface area contributed by atoms with Gasteiger partial charge in [-0.1, -0.05) is 11.6 Å². The predicted octanol–water partition coefficient (Wildman–Crippen LogP) is 2.93. The summed E-state index contributed by atoms with van der Waals surface area (Å²) in [7, 11) is -1.37. The van der Waals surface area contributed by atoms with Crippen LogP contribution in [0, 0.1) is 23.1 Å². The highest BCUT2D eigenvalue weighted by molar-refractivity contribution is 7.85. The number of benzene rings is 1. The summed E-state index contributed by atoms with van der Waals surface area (Å²) in [6, 6.07) is 5.96. The molecule has 0 radical (unpaired) electrons. The van der Waals surface area contributed by atoms with Crippen molar-refractivity contribution >= 4 is 28.3 Å². The first-order chi connectivity index (χ1) is 10.9. The lowest BCUT2D eigenvalue weighted by Crippen LogP contribution is -2.39. The summed E-state index contributed by atoms with van der Waals surface area (Å²) in [4.78, 5) is 12.7. The van der Waals surface area contributed by atoms with Gasteiger partial charge in [0.1, 0.15) is 11.4 Å². The zero-order chi connectivity index (χ0) is 16.6. The third-order valence-electron chi connectivity index (χ3n) is 4.50. The minimum absolute atomic E-state index is 0.131. The Morgan fingerprint density at radius 2 is 2.17 bits per heavy atom. The molecule has 23 heavy (non-hydrogen) atoms. The first-order valence-electron chi connectivity index (χ1n) is 7.53. The molecule has 7 heteroatoms. The summed E-state index contributed by atoms with van der Waals surface area (Å²) < 4.78 is 25.7. The summed E-state index contributed by atoms with van der Waals surface area (Å²) in [6.45, 7) is 0. The van der Waals surface area contributed by atoms with Crippen molar-refractivity contribution in [2.75, 3.05) is 0 Å². The van der Waals surface area contributed by atoms with Crippen LogP contribution in [0.1, 0.15) is 32.1 Å². The molecule has 2 fully saturated rings. The predicted molar refractivity (Wildman–Crippen MR) is 84.7 cm³/mol. The van der Waals surface area contributed by atoms with E-state index in [0.717, 1.165) is 6.07 Å². The third-order valence-corrected chi connectivity index (χ3v) is 6.74. The van der Waals surface area contributed by atoms with E-state index in [1.54, 1.807) is 0 Å². The molecule has 0 spiro atoms. The second-order valence-electron chi connectivity index (χ2n) is 6.19. The molecule has 2 aliphatic carbocycles. The van der Waals surface area contributed by atoms with Gasteiger partial charge in [0.2, 0.25) is 5.91 Å². The standard InChI is InChI=1S/C16H16ClFN2O2S/c17-13-8-11(18)2-4-14(13)23(22)12-3-1-10(7-12)15(21)20-16(9-19)5-6-16/h2,4,8,10,12H,1,3,5-7H2,(H,20,21). The van der Waals surface area contributed by atoms with E-state index in [4.69, 9.17) is 16.9 Å². The number of nitrogens with zero attached hydrogens (tertiary/aromatic N) is 1. The lowest BCUT2D eigenvalue weighted by Gasteiger charge is -2.15. The summed E-state index contributed by atoms with van der Waals surface area (Å²) in [6.07, 6.45) is 3.18. The zero-order valence-corrected chi connectivity index (χ0v) is 13.9. The zero-order valence-electron chi connectivity index (χ0n) is 12.4. The van der Waals surface area contributed by atoms with E-state index in [1.807, 2.05) is 0 Å². The molecule has 3 rings (SSSR count). The van der Waals surface area contributed by atoms with E-state index in [-0.39, 0.29) is 22.1 Å². The van der Waals surface area contributed by atoms with Crippen LogP contribution in [-0.4, -0.2) is 20.9 Å². The summed E-state index contributed by atoms with van der Waals surface area (Å²) in [5, 5.41) is 11.8. The molecule has 122 valence electrons. The van der Waals surface area contributed by atoms with E-state index >= 15 is 0 Å². The number of amides is 1. The Kier molecular flexibility index (Phi) is 4.43. The van der Waals surface area contributed by atoms with Crippen molar-refractivity contribution in [1.29, 1.82) is 5.26 Å². The van der Waals surface area contributed by atoms with Gasteiger partial charge in [-0.3, -0.25) is 9.00 Å². The lowest BCUT2D eigenvalue weighted by molar-refractivity contribution is -0.125. The Bertz CT molecular complexity index is 715. The minimum atomic E-state index is -1.37. The second kappa shape index (κ2) is 6.21. The molecule has 0 bridgehead atoms. The molecule has 1 aromatic carbocycles. The lowest BCUT2D eigenvalue weighted by atomic mass is 10.1. The first kappa shape index (κ1) is 16.4. The number of nitrogens with one attached hydrogen (secondary N) is 1. The van der Waals surface area contributed by atoms with Gasteiger partial charge in [0.25, 0.3) is 0 Å². The van der Waals surface area contributed by atoms with Gasteiger partial charge in [-0.2, -0.15) is 5.26 Å². The van der Waals surface area contributed by atoms with E-state index < -0.39 is 22.2 Å². The number of hydrogen-bond acceptors (Lipinski definition) is 3. The monoisotopic (exact) mass is 354 g/mol. The number of carbonyl (C=O) groups is 1. The van der Waals surface area contributed by atoms with Crippen LogP contribution >= 0.6 is 11.6 Å². The van der Waals surface area contributed by atoms with Gasteiger partial charge in [-0.15, -0.1) is 0 Å². The average molecular weight is 355 g/mol. The maximum absolute atomic E-state index is 13.1. The van der Waals surface area contributed by atoms with Crippen LogP contribution < -0.4 is 5.32 Å². The van der Waals surface area contributed by atoms with Crippen LogP contribution in [0.25, 0.3) is 0 Å². The molecule has 1 aromatic rings. The average Bonchev–Trinajstić information content (AvgIpc) is 3.11. The quantitative estimate of drug-likeness (QED) is 0.903. The number of hydrogen-bond donors (Lipinski definition) is 1. The van der Waals surface area contributed by atoms with Gasteiger partial charge in [0.05, 0.1) is 26.8 Å². The highest BCUT2D eigenvalue weighted by atomic mass is 35.5. The molecule has 3 unspecified atom stereocenters. The Morgan fingerprint density at radius 1 is 1.43 bits per heavy atom. The minimum Gasteiger partial charge on any atom is -0.338 e. The van der Waals surface area contributed by atoms with Crippen molar-refractivity contribution in [2.45, 2.75) is 47.8 Å². The van der Waals surface area contributed by atoms with Crippen molar-refractivity contribution in [3.63, 3.8) is 0 Å². The number of carbonyl (C=O) groups excluding carboxylic acids is 1. The van der Waals surface area contributed by atoms with Crippen LogP contribution in [0.5, 0.6) is 0 Å². The van der Waals surface area contributed by atoms with Gasteiger partial charge in [-0.25, -0.2) is 4.39 Å². The molecule has 2 aliphatic rings. The molecule has 0 aromatic heterocycles. The SMILES string of the molecule is N#CC1(NC(=O)C2CCC(S(=O)c3ccc(F)cc3Cl)C2)CC1. The molecule has 0 heterocycles. The second-order valence-corrected chi connectivity index (χ2v) is 8.30. The van der Waals surface area contributed by atoms with Crippen molar-refractivity contribution in [2.24, 2.45) is 5.92 Å². The molecule has 2 saturated carbocycles. The van der Waals surface area contributed by atoms with Crippen LogP contribution in [-0.2, 0) is 15.6 Å². The van der Waals surface area contributed by atoms with E-state index in [2.05, 4.69) is 11.4 Å². The summed E-state index contributed by atoms with van der Waals surface area (Å²) in [5.74, 6) is -0.826. The topological polar surface area (TPSA) is 70.0 Å². The number of rotatable bonds is 4. The molecular formula is C16H16ClFN2O2S. The third kappa shape index (κ3) is 3.41. The maximum Gasteiger partial charge on any atom is 0.224 e. The van der Waals surface area contributed by atoms with Gasteiger partial charge < -0.3 is 5.32 Å². The molecule has 3 atom stereocenters. The Balaban J connectivity index is 1.64. The van der Waals surface area contributed by atoms with Gasteiger partial charge in [0, 0.05) is 11.2 Å². The molecule has 0 aliphatic heterocycles. The van der Waals surface area contributed by atoms with Crippen molar-refractivity contribution in [1.82, 2.24) is 5.32 Å². The van der Waals surface area contributed by atoms with Crippen molar-refractivity contribution in [3.8, 4) is 6.07 Å². The number of halogens is 2. The van der Waals surface area contributed by atoms with Crippen LogP contribution in [0.2, 0.25) is 5.02 Å². The highest BCUT2D eigenvalue weighted by Gasteiger charge is 2.46. The van der Waals surface area contributed by atoms with Crippen LogP contribution in [0.4, 0.5) is 4.39 Å². The van der Waals surface area contributed by atoms with Crippen LogP contribution in [0.3, 0.4) is 0 Å². The van der Waals surface area contributed by atoms with Gasteiger partial charge in [-0.05, 0) is 50.3 Å². The highest BCUT2D eigenvalue weighted by Crippen LogP contribution is 2.37. The first-order valence-corrected chi connectivity index (χ1v) is 9.12. The van der Waals surface area contributed by atoms with Gasteiger partial charge >= 0.3 is 0 Å². The fourth-order valence-electron chi connectivity index (χ4n) is 2.92.